The molecule has 116 valence electrons. The molecule has 1 fully saturated rings. The van der Waals surface area contributed by atoms with Crippen LogP contribution in [0.25, 0.3) is 0 Å². The van der Waals surface area contributed by atoms with Crippen molar-refractivity contribution >= 4 is 5.91 Å². The van der Waals surface area contributed by atoms with Crippen LogP contribution in [0, 0.1) is 0 Å². The number of hydrogen-bond donors (Lipinski definition) is 1. The molecule has 0 aromatic heterocycles. The summed E-state index contributed by atoms with van der Waals surface area (Å²) < 4.78 is 5.14. The molecule has 0 bridgehead atoms. The van der Waals surface area contributed by atoms with Gasteiger partial charge in [0, 0.05) is 12.5 Å². The molecule has 0 heterocycles. The van der Waals surface area contributed by atoms with Gasteiger partial charge < -0.3 is 10.1 Å². The highest BCUT2D eigenvalue weighted by Crippen LogP contribution is 2.17. The molecule has 21 heavy (non-hydrogen) atoms. The molecule has 1 aliphatic rings. The SMILES string of the molecule is COc1ccc(CCCC(=O)NC2CCCCCC2)cc1. The summed E-state index contributed by atoms with van der Waals surface area (Å²) >= 11 is 0. The van der Waals surface area contributed by atoms with Crippen LogP contribution in [0.4, 0.5) is 0 Å². The van der Waals surface area contributed by atoms with E-state index in [4.69, 9.17) is 4.74 Å². The minimum absolute atomic E-state index is 0.218. The van der Waals surface area contributed by atoms with Crippen LogP contribution in [0.1, 0.15) is 56.9 Å². The van der Waals surface area contributed by atoms with Gasteiger partial charge in [0.1, 0.15) is 5.75 Å². The number of carbonyl (C=O) groups is 1. The number of nitrogens with one attached hydrogen (secondary N) is 1. The fourth-order valence-electron chi connectivity index (χ4n) is 2.97. The summed E-state index contributed by atoms with van der Waals surface area (Å²) in [6.07, 6.45) is 9.96. The maximum absolute atomic E-state index is 12.0. The molecule has 1 saturated carbocycles. The van der Waals surface area contributed by atoms with Gasteiger partial charge in [-0.1, -0.05) is 37.8 Å². The monoisotopic (exact) mass is 289 g/mol. The largest absolute Gasteiger partial charge is 0.497 e. The van der Waals surface area contributed by atoms with Crippen molar-refractivity contribution in [1.82, 2.24) is 5.32 Å². The Balaban J connectivity index is 1.66. The van der Waals surface area contributed by atoms with Crippen LogP contribution in [0.2, 0.25) is 0 Å². The Morgan fingerprint density at radius 3 is 2.43 bits per heavy atom. The van der Waals surface area contributed by atoms with Gasteiger partial charge in [0.25, 0.3) is 0 Å². The summed E-state index contributed by atoms with van der Waals surface area (Å²) in [6.45, 7) is 0. The molecule has 0 aliphatic heterocycles. The zero-order valence-corrected chi connectivity index (χ0v) is 13.1. The molecule has 0 radical (unpaired) electrons. The van der Waals surface area contributed by atoms with Crippen molar-refractivity contribution < 1.29 is 9.53 Å². The van der Waals surface area contributed by atoms with Crippen LogP contribution in [0.15, 0.2) is 24.3 Å². The van der Waals surface area contributed by atoms with Gasteiger partial charge in [-0.3, -0.25) is 4.79 Å². The summed E-state index contributed by atoms with van der Waals surface area (Å²) in [7, 11) is 1.67. The maximum Gasteiger partial charge on any atom is 0.220 e. The summed E-state index contributed by atoms with van der Waals surface area (Å²) in [6, 6.07) is 8.51. The predicted molar refractivity (Wildman–Crippen MR) is 85.6 cm³/mol. The fraction of sp³-hybridized carbons (Fsp3) is 0.611. The molecule has 3 nitrogen and oxygen atoms in total. The van der Waals surface area contributed by atoms with Crippen molar-refractivity contribution in [3.8, 4) is 5.75 Å². The van der Waals surface area contributed by atoms with E-state index in [1.165, 1.54) is 31.2 Å². The molecule has 0 spiro atoms. The zero-order valence-electron chi connectivity index (χ0n) is 13.1. The molecule has 1 aromatic carbocycles. The number of rotatable bonds is 6. The Morgan fingerprint density at radius 1 is 1.14 bits per heavy atom. The first kappa shape index (κ1) is 15.9. The van der Waals surface area contributed by atoms with Crippen LogP contribution in [0.5, 0.6) is 5.75 Å². The van der Waals surface area contributed by atoms with Crippen LogP contribution < -0.4 is 10.1 Å². The van der Waals surface area contributed by atoms with Gasteiger partial charge in [0.05, 0.1) is 7.11 Å². The van der Waals surface area contributed by atoms with Crippen LogP contribution in [-0.2, 0) is 11.2 Å². The van der Waals surface area contributed by atoms with Crippen molar-refractivity contribution in [1.29, 1.82) is 0 Å². The van der Waals surface area contributed by atoms with E-state index in [9.17, 15) is 4.79 Å². The molecule has 1 aliphatic carbocycles. The summed E-state index contributed by atoms with van der Waals surface area (Å²) in [4.78, 5) is 12.0. The number of hydrogen-bond acceptors (Lipinski definition) is 2. The van der Waals surface area contributed by atoms with E-state index in [1.54, 1.807) is 7.11 Å². The quantitative estimate of drug-likeness (QED) is 0.808. The van der Waals surface area contributed by atoms with Crippen LogP contribution >= 0.6 is 0 Å². The van der Waals surface area contributed by atoms with E-state index in [2.05, 4.69) is 17.4 Å². The maximum atomic E-state index is 12.0. The smallest absolute Gasteiger partial charge is 0.220 e. The van der Waals surface area contributed by atoms with Crippen LogP contribution in [-0.4, -0.2) is 19.1 Å². The first-order valence-corrected chi connectivity index (χ1v) is 8.20. The number of methoxy groups -OCH3 is 1. The van der Waals surface area contributed by atoms with E-state index in [1.807, 2.05) is 12.1 Å². The lowest BCUT2D eigenvalue weighted by molar-refractivity contribution is -0.121. The molecule has 0 saturated heterocycles. The van der Waals surface area contributed by atoms with Crippen molar-refractivity contribution in [2.24, 2.45) is 0 Å². The molecule has 1 amide bonds. The van der Waals surface area contributed by atoms with Crippen molar-refractivity contribution in [3.05, 3.63) is 29.8 Å². The Morgan fingerprint density at radius 2 is 1.81 bits per heavy atom. The lowest BCUT2D eigenvalue weighted by Gasteiger charge is -2.16. The minimum atomic E-state index is 0.218. The average molecular weight is 289 g/mol. The molecule has 2 rings (SSSR count). The molecule has 3 heteroatoms. The number of amides is 1. The molecule has 1 N–H and O–H groups in total. The Hall–Kier alpha value is -1.51. The number of carbonyl (C=O) groups excluding carboxylic acids is 1. The van der Waals surface area contributed by atoms with Crippen LogP contribution in [0.3, 0.4) is 0 Å². The fourth-order valence-corrected chi connectivity index (χ4v) is 2.97. The zero-order chi connectivity index (χ0) is 14.9. The van der Waals surface area contributed by atoms with Gasteiger partial charge in [0.2, 0.25) is 5.91 Å². The van der Waals surface area contributed by atoms with Crippen molar-refractivity contribution in [2.45, 2.75) is 63.8 Å². The van der Waals surface area contributed by atoms with Gasteiger partial charge >= 0.3 is 0 Å². The van der Waals surface area contributed by atoms with E-state index in [0.717, 1.165) is 31.4 Å². The van der Waals surface area contributed by atoms with Gasteiger partial charge in [-0.25, -0.2) is 0 Å². The predicted octanol–water partition coefficient (Wildman–Crippen LogP) is 3.86. The summed E-state index contributed by atoms with van der Waals surface area (Å²) in [5, 5.41) is 3.20. The molecule has 1 aromatic rings. The normalized spacial score (nSPS) is 16.2. The van der Waals surface area contributed by atoms with E-state index < -0.39 is 0 Å². The minimum Gasteiger partial charge on any atom is -0.497 e. The van der Waals surface area contributed by atoms with Gasteiger partial charge in [-0.15, -0.1) is 0 Å². The van der Waals surface area contributed by atoms with Gasteiger partial charge in [-0.2, -0.15) is 0 Å². The lowest BCUT2D eigenvalue weighted by Crippen LogP contribution is -2.34. The lowest BCUT2D eigenvalue weighted by atomic mass is 10.1. The second kappa shape index (κ2) is 8.71. The Kier molecular flexibility index (Phi) is 6.58. The van der Waals surface area contributed by atoms with Gasteiger partial charge in [0.15, 0.2) is 0 Å². The molecule has 0 unspecified atom stereocenters. The highest BCUT2D eigenvalue weighted by Gasteiger charge is 2.14. The summed E-state index contributed by atoms with van der Waals surface area (Å²) in [5.41, 5.74) is 1.26. The third kappa shape index (κ3) is 5.78. The number of aryl methyl sites for hydroxylation is 1. The standard InChI is InChI=1S/C18H27NO2/c1-21-17-13-11-15(12-14-17)7-6-10-18(20)19-16-8-4-2-3-5-9-16/h11-14,16H,2-10H2,1H3,(H,19,20). The third-order valence-electron chi connectivity index (χ3n) is 4.25. The topological polar surface area (TPSA) is 38.3 Å². The summed E-state index contributed by atoms with van der Waals surface area (Å²) in [5.74, 6) is 1.10. The number of benzene rings is 1. The first-order chi connectivity index (χ1) is 10.3. The second-order valence-corrected chi connectivity index (χ2v) is 5.96. The Labute approximate surface area is 128 Å². The van der Waals surface area contributed by atoms with E-state index in [0.29, 0.717) is 12.5 Å². The highest BCUT2D eigenvalue weighted by atomic mass is 16.5. The third-order valence-corrected chi connectivity index (χ3v) is 4.25. The second-order valence-electron chi connectivity index (χ2n) is 5.96. The highest BCUT2D eigenvalue weighted by molar-refractivity contribution is 5.76. The number of ether oxygens (including phenoxy) is 1. The average Bonchev–Trinajstić information content (AvgIpc) is 2.76. The van der Waals surface area contributed by atoms with E-state index >= 15 is 0 Å². The first-order valence-electron chi connectivity index (χ1n) is 8.20. The van der Waals surface area contributed by atoms with E-state index in [-0.39, 0.29) is 5.91 Å². The van der Waals surface area contributed by atoms with Crippen molar-refractivity contribution in [2.75, 3.05) is 7.11 Å². The molecule has 0 atom stereocenters. The molecular formula is C18H27NO2. The Bertz CT molecular complexity index is 419. The van der Waals surface area contributed by atoms with Crippen molar-refractivity contribution in [3.63, 3.8) is 0 Å². The van der Waals surface area contributed by atoms with Gasteiger partial charge in [-0.05, 0) is 43.4 Å². The molecular weight excluding hydrogens is 262 g/mol.